The van der Waals surface area contributed by atoms with Gasteiger partial charge in [0.1, 0.15) is 5.75 Å². The average Bonchev–Trinajstić information content (AvgIpc) is 3.45. The number of carbonyl (C=O) groups is 2. The quantitative estimate of drug-likeness (QED) is 0.342. The lowest BCUT2D eigenvalue weighted by Gasteiger charge is -2.35. The van der Waals surface area contributed by atoms with Crippen molar-refractivity contribution in [3.63, 3.8) is 0 Å². The predicted molar refractivity (Wildman–Crippen MR) is 146 cm³/mol. The summed E-state index contributed by atoms with van der Waals surface area (Å²) in [6, 6.07) is 9.47. The zero-order valence-electron chi connectivity index (χ0n) is 22.1. The van der Waals surface area contributed by atoms with E-state index in [0.717, 1.165) is 29.7 Å². The number of ether oxygens (including phenoxy) is 1. The van der Waals surface area contributed by atoms with Crippen molar-refractivity contribution in [1.82, 2.24) is 29.7 Å². The molecule has 2 amide bonds. The Hall–Kier alpha value is -3.91. The van der Waals surface area contributed by atoms with E-state index in [1.807, 2.05) is 14.1 Å². The van der Waals surface area contributed by atoms with Crippen molar-refractivity contribution in [3.8, 4) is 5.75 Å². The highest BCUT2D eigenvalue weighted by molar-refractivity contribution is 7.22. The number of alkyl halides is 3. The fraction of sp³-hybridized carbons (Fsp3) is 0.385. The Bertz CT molecular complexity index is 1560. The second kappa shape index (κ2) is 10.9. The normalized spacial score (nSPS) is 14.7. The average molecular weight is 576 g/mol. The Morgan fingerprint density at radius 3 is 2.55 bits per heavy atom. The number of thiazole rings is 1. The minimum absolute atomic E-state index is 0.0775. The number of nitrogens with zero attached hydrogens (tertiary/aromatic N) is 5. The minimum atomic E-state index is -4.78. The molecule has 0 radical (unpaired) electrons. The van der Waals surface area contributed by atoms with Crippen LogP contribution in [0.1, 0.15) is 23.2 Å². The van der Waals surface area contributed by atoms with Gasteiger partial charge in [-0.3, -0.25) is 9.59 Å². The second-order valence-corrected chi connectivity index (χ2v) is 10.8. The molecule has 10 nitrogen and oxygen atoms in total. The predicted octanol–water partition coefficient (Wildman–Crippen LogP) is 4.11. The molecule has 3 heterocycles. The van der Waals surface area contributed by atoms with E-state index >= 15 is 0 Å². The number of fused-ring (bicyclic) bond motifs is 2. The van der Waals surface area contributed by atoms with Crippen molar-refractivity contribution in [2.24, 2.45) is 7.05 Å². The van der Waals surface area contributed by atoms with E-state index in [1.165, 1.54) is 18.2 Å². The molecule has 0 atom stereocenters. The van der Waals surface area contributed by atoms with E-state index in [2.05, 4.69) is 30.2 Å². The number of hydrogen-bond acceptors (Lipinski definition) is 8. The first-order valence-electron chi connectivity index (χ1n) is 12.6. The van der Waals surface area contributed by atoms with E-state index in [4.69, 9.17) is 0 Å². The highest BCUT2D eigenvalue weighted by Gasteiger charge is 2.31. The van der Waals surface area contributed by atoms with E-state index in [0.29, 0.717) is 51.5 Å². The molecule has 40 heavy (non-hydrogen) atoms. The smallest absolute Gasteiger partial charge is 0.406 e. The fourth-order valence-electron chi connectivity index (χ4n) is 4.71. The van der Waals surface area contributed by atoms with Gasteiger partial charge in [0.2, 0.25) is 11.9 Å². The van der Waals surface area contributed by atoms with E-state index in [1.54, 1.807) is 34.7 Å². The lowest BCUT2D eigenvalue weighted by molar-refractivity contribution is -0.274. The summed E-state index contributed by atoms with van der Waals surface area (Å²) in [5, 5.41) is 6.24. The zero-order valence-corrected chi connectivity index (χ0v) is 22.9. The van der Waals surface area contributed by atoms with Crippen LogP contribution in [-0.4, -0.2) is 82.3 Å². The number of hydrogen-bond donors (Lipinski definition) is 2. The van der Waals surface area contributed by atoms with Crippen molar-refractivity contribution in [3.05, 3.63) is 42.0 Å². The standard InChI is InChI=1S/C26H28F3N7O3S/c1-34(2)16-8-10-36(11-9-16)22(37)14-30-23(38)15-4-7-20-19(12-15)31-24(35(20)3)33-25-32-18-6-5-17(13-21(18)40-25)39-26(27,28)29/h4-7,12-13,16H,8-11,14H2,1-3H3,(H,30,38)(H,31,32,33). The first kappa shape index (κ1) is 27.6. The highest BCUT2D eigenvalue weighted by atomic mass is 32.1. The number of anilines is 2. The molecule has 14 heteroatoms. The number of carbonyl (C=O) groups excluding carboxylic acids is 2. The molecule has 0 unspecified atom stereocenters. The van der Waals surface area contributed by atoms with Crippen molar-refractivity contribution >= 4 is 55.5 Å². The first-order chi connectivity index (χ1) is 19.0. The minimum Gasteiger partial charge on any atom is -0.406 e. The second-order valence-electron chi connectivity index (χ2n) is 9.78. The SMILES string of the molecule is CN(C)C1CCN(C(=O)CNC(=O)c2ccc3c(c2)nc(Nc2nc4ccc(OC(F)(F)F)cc4s2)n3C)CC1. The number of amides is 2. The van der Waals surface area contributed by atoms with Crippen LogP contribution in [0.4, 0.5) is 24.3 Å². The summed E-state index contributed by atoms with van der Waals surface area (Å²) in [5.74, 6) is -0.362. The molecule has 212 valence electrons. The van der Waals surface area contributed by atoms with Crippen molar-refractivity contribution in [2.75, 3.05) is 39.0 Å². The van der Waals surface area contributed by atoms with Gasteiger partial charge in [-0.05, 0) is 57.3 Å². The Morgan fingerprint density at radius 1 is 1.10 bits per heavy atom. The van der Waals surface area contributed by atoms with E-state index < -0.39 is 6.36 Å². The molecule has 1 aliphatic heterocycles. The van der Waals surface area contributed by atoms with Gasteiger partial charge in [-0.15, -0.1) is 13.2 Å². The van der Waals surface area contributed by atoms with Crippen LogP contribution in [0.15, 0.2) is 36.4 Å². The Labute approximate surface area is 231 Å². The molecule has 1 fully saturated rings. The van der Waals surface area contributed by atoms with Gasteiger partial charge in [0.25, 0.3) is 5.91 Å². The van der Waals surface area contributed by atoms with Crippen LogP contribution in [0.3, 0.4) is 0 Å². The molecule has 2 N–H and O–H groups in total. The number of nitrogens with one attached hydrogen (secondary N) is 2. The van der Waals surface area contributed by atoms with Gasteiger partial charge in [0.05, 0.1) is 27.8 Å². The molecule has 0 aliphatic carbocycles. The molecular formula is C26H28F3N7O3S. The number of halogens is 3. The Balaban J connectivity index is 1.24. The number of piperidine rings is 1. The summed E-state index contributed by atoms with van der Waals surface area (Å²) >= 11 is 1.16. The summed E-state index contributed by atoms with van der Waals surface area (Å²) < 4.78 is 43.9. The topological polar surface area (TPSA) is 105 Å². The maximum atomic E-state index is 12.8. The van der Waals surface area contributed by atoms with Crippen LogP contribution in [0, 0.1) is 0 Å². The van der Waals surface area contributed by atoms with Crippen LogP contribution in [0.5, 0.6) is 5.75 Å². The maximum absolute atomic E-state index is 12.8. The number of aromatic nitrogens is 3. The van der Waals surface area contributed by atoms with Crippen molar-refractivity contribution < 1.29 is 27.5 Å². The molecule has 4 aromatic rings. The molecular weight excluding hydrogens is 547 g/mol. The Morgan fingerprint density at radius 2 is 1.85 bits per heavy atom. The third kappa shape index (κ3) is 6.12. The summed E-state index contributed by atoms with van der Waals surface area (Å²) in [7, 11) is 5.87. The van der Waals surface area contributed by atoms with Crippen LogP contribution < -0.4 is 15.4 Å². The number of likely N-dealkylation sites (tertiary alicyclic amines) is 1. The van der Waals surface area contributed by atoms with Gasteiger partial charge in [0.15, 0.2) is 5.13 Å². The monoisotopic (exact) mass is 575 g/mol. The van der Waals surface area contributed by atoms with Crippen molar-refractivity contribution in [2.45, 2.75) is 25.2 Å². The van der Waals surface area contributed by atoms with E-state index in [-0.39, 0.29) is 24.1 Å². The molecule has 2 aromatic carbocycles. The maximum Gasteiger partial charge on any atom is 0.573 e. The number of benzene rings is 2. The summed E-state index contributed by atoms with van der Waals surface area (Å²) in [5.41, 5.74) is 2.18. The molecule has 2 aromatic heterocycles. The fourth-order valence-corrected chi connectivity index (χ4v) is 5.59. The van der Waals surface area contributed by atoms with Crippen LogP contribution in [0.2, 0.25) is 0 Å². The lowest BCUT2D eigenvalue weighted by atomic mass is 10.0. The van der Waals surface area contributed by atoms with Gasteiger partial charge < -0.3 is 29.7 Å². The van der Waals surface area contributed by atoms with Crippen LogP contribution in [0.25, 0.3) is 21.3 Å². The lowest BCUT2D eigenvalue weighted by Crippen LogP contribution is -2.47. The third-order valence-corrected chi connectivity index (χ3v) is 7.84. The molecule has 0 bridgehead atoms. The summed E-state index contributed by atoms with van der Waals surface area (Å²) in [6.07, 6.45) is -2.96. The van der Waals surface area contributed by atoms with Gasteiger partial charge >= 0.3 is 6.36 Å². The van der Waals surface area contributed by atoms with Gasteiger partial charge in [-0.1, -0.05) is 11.3 Å². The first-order valence-corrected chi connectivity index (χ1v) is 13.4. The van der Waals surface area contributed by atoms with Crippen LogP contribution in [-0.2, 0) is 11.8 Å². The van der Waals surface area contributed by atoms with E-state index in [9.17, 15) is 22.8 Å². The van der Waals surface area contributed by atoms with Crippen LogP contribution >= 0.6 is 11.3 Å². The van der Waals surface area contributed by atoms with Gasteiger partial charge in [-0.2, -0.15) is 0 Å². The molecule has 1 saturated heterocycles. The largest absolute Gasteiger partial charge is 0.573 e. The summed E-state index contributed by atoms with van der Waals surface area (Å²) in [4.78, 5) is 38.3. The van der Waals surface area contributed by atoms with Gasteiger partial charge in [-0.25, -0.2) is 9.97 Å². The van der Waals surface area contributed by atoms with Crippen molar-refractivity contribution in [1.29, 1.82) is 0 Å². The molecule has 0 saturated carbocycles. The number of aryl methyl sites for hydroxylation is 1. The molecule has 1 aliphatic rings. The highest BCUT2D eigenvalue weighted by Crippen LogP contribution is 2.33. The van der Waals surface area contributed by atoms with Gasteiger partial charge in [0, 0.05) is 37.8 Å². The Kier molecular flexibility index (Phi) is 7.55. The molecule has 5 rings (SSSR count). The third-order valence-electron chi connectivity index (χ3n) is 6.90. The number of imidazole rings is 1. The molecule has 0 spiro atoms. The zero-order chi connectivity index (χ0) is 28.6. The number of rotatable bonds is 7. The summed E-state index contributed by atoms with van der Waals surface area (Å²) in [6.45, 7) is 1.26.